The lowest BCUT2D eigenvalue weighted by Gasteiger charge is -2.35. The topological polar surface area (TPSA) is 61.8 Å². The van der Waals surface area contributed by atoms with Crippen molar-refractivity contribution in [3.63, 3.8) is 0 Å². The molecule has 0 radical (unpaired) electrons. The number of hydrogen-bond donors (Lipinski definition) is 2. The number of methoxy groups -OCH3 is 1. The average molecular weight is 320 g/mol. The first-order valence-electron chi connectivity index (χ1n) is 8.43. The Hall–Kier alpha value is -1.59. The average Bonchev–Trinajstić information content (AvgIpc) is 2.61. The van der Waals surface area contributed by atoms with Gasteiger partial charge < -0.3 is 20.1 Å². The predicted octanol–water partition coefficient (Wildman–Crippen LogP) is 2.57. The van der Waals surface area contributed by atoms with Gasteiger partial charge in [-0.1, -0.05) is 37.3 Å². The molecule has 128 valence electrons. The van der Waals surface area contributed by atoms with Crippen molar-refractivity contribution in [2.24, 2.45) is 5.92 Å². The Kier molecular flexibility index (Phi) is 6.86. The Bertz CT molecular complexity index is 472. The van der Waals surface area contributed by atoms with Crippen LogP contribution in [-0.2, 0) is 4.74 Å². The molecule has 5 heteroatoms. The van der Waals surface area contributed by atoms with Crippen molar-refractivity contribution in [1.29, 1.82) is 0 Å². The molecule has 1 heterocycles. The maximum atomic E-state index is 12.3. The molecule has 0 spiro atoms. The van der Waals surface area contributed by atoms with Crippen LogP contribution in [0.15, 0.2) is 30.3 Å². The van der Waals surface area contributed by atoms with E-state index in [4.69, 9.17) is 4.74 Å². The lowest BCUT2D eigenvalue weighted by molar-refractivity contribution is 0.0653. The number of amides is 2. The van der Waals surface area contributed by atoms with Gasteiger partial charge in [0.25, 0.3) is 0 Å². The van der Waals surface area contributed by atoms with E-state index in [1.54, 1.807) is 7.11 Å². The Morgan fingerprint density at radius 2 is 2.00 bits per heavy atom. The molecule has 1 aliphatic rings. The lowest BCUT2D eigenvalue weighted by atomic mass is 9.87. The standard InChI is InChI=1S/C18H28N2O3/c1-3-16(13-23-2)19-18(22)20-11-9-15(10-12-20)17(21)14-7-5-4-6-8-14/h4-8,15-17,21H,3,9-13H2,1-2H3,(H,19,22). The van der Waals surface area contributed by atoms with Gasteiger partial charge in [0.1, 0.15) is 0 Å². The zero-order chi connectivity index (χ0) is 16.7. The number of piperidine rings is 1. The highest BCUT2D eigenvalue weighted by Gasteiger charge is 2.28. The second-order valence-electron chi connectivity index (χ2n) is 6.19. The van der Waals surface area contributed by atoms with Gasteiger partial charge in [-0.3, -0.25) is 0 Å². The maximum absolute atomic E-state index is 12.3. The molecule has 0 aromatic heterocycles. The van der Waals surface area contributed by atoms with Gasteiger partial charge in [0.05, 0.1) is 18.8 Å². The van der Waals surface area contributed by atoms with E-state index >= 15 is 0 Å². The van der Waals surface area contributed by atoms with Crippen LogP contribution in [0.1, 0.15) is 37.9 Å². The van der Waals surface area contributed by atoms with Crippen LogP contribution in [0, 0.1) is 5.92 Å². The van der Waals surface area contributed by atoms with Crippen LogP contribution in [0.3, 0.4) is 0 Å². The number of carbonyl (C=O) groups excluding carboxylic acids is 1. The number of aliphatic hydroxyl groups excluding tert-OH is 1. The van der Waals surface area contributed by atoms with Crippen molar-refractivity contribution in [3.05, 3.63) is 35.9 Å². The normalized spacial score (nSPS) is 18.5. The molecule has 0 aliphatic carbocycles. The van der Waals surface area contributed by atoms with Gasteiger partial charge in [0.15, 0.2) is 0 Å². The molecular weight excluding hydrogens is 292 g/mol. The zero-order valence-electron chi connectivity index (χ0n) is 14.1. The summed E-state index contributed by atoms with van der Waals surface area (Å²) >= 11 is 0. The molecule has 5 nitrogen and oxygen atoms in total. The highest BCUT2D eigenvalue weighted by Crippen LogP contribution is 2.30. The van der Waals surface area contributed by atoms with E-state index in [1.807, 2.05) is 42.2 Å². The van der Waals surface area contributed by atoms with E-state index in [0.29, 0.717) is 19.7 Å². The molecule has 1 aliphatic heterocycles. The van der Waals surface area contributed by atoms with E-state index in [-0.39, 0.29) is 18.0 Å². The van der Waals surface area contributed by atoms with E-state index in [0.717, 1.165) is 24.8 Å². The fourth-order valence-electron chi connectivity index (χ4n) is 3.07. The first-order valence-corrected chi connectivity index (χ1v) is 8.43. The quantitative estimate of drug-likeness (QED) is 0.847. The van der Waals surface area contributed by atoms with Crippen molar-refractivity contribution in [1.82, 2.24) is 10.2 Å². The second kappa shape index (κ2) is 8.89. The molecule has 1 fully saturated rings. The molecule has 1 aromatic carbocycles. The Morgan fingerprint density at radius 1 is 1.35 bits per heavy atom. The highest BCUT2D eigenvalue weighted by atomic mass is 16.5. The summed E-state index contributed by atoms with van der Waals surface area (Å²) < 4.78 is 5.11. The molecule has 1 saturated heterocycles. The van der Waals surface area contributed by atoms with E-state index in [9.17, 15) is 9.90 Å². The van der Waals surface area contributed by atoms with E-state index in [1.165, 1.54) is 0 Å². The summed E-state index contributed by atoms with van der Waals surface area (Å²) in [6.45, 7) is 3.94. The van der Waals surface area contributed by atoms with Gasteiger partial charge in [0.2, 0.25) is 0 Å². The summed E-state index contributed by atoms with van der Waals surface area (Å²) in [7, 11) is 1.64. The van der Waals surface area contributed by atoms with Gasteiger partial charge in [-0.15, -0.1) is 0 Å². The molecule has 1 aromatic rings. The summed E-state index contributed by atoms with van der Waals surface area (Å²) in [4.78, 5) is 14.1. The summed E-state index contributed by atoms with van der Waals surface area (Å²) in [6, 6.07) is 9.79. The Morgan fingerprint density at radius 3 is 2.57 bits per heavy atom. The summed E-state index contributed by atoms with van der Waals surface area (Å²) in [6.07, 6.45) is 2.05. The van der Waals surface area contributed by atoms with Crippen LogP contribution >= 0.6 is 0 Å². The SMILES string of the molecule is CCC(COC)NC(=O)N1CCC(C(O)c2ccccc2)CC1. The first-order chi connectivity index (χ1) is 11.2. The molecule has 0 saturated carbocycles. The number of carbonyl (C=O) groups is 1. The smallest absolute Gasteiger partial charge is 0.317 e. The number of urea groups is 1. The number of nitrogens with zero attached hydrogens (tertiary/aromatic N) is 1. The van der Waals surface area contributed by atoms with Crippen LogP contribution in [0.5, 0.6) is 0 Å². The van der Waals surface area contributed by atoms with Crippen LogP contribution < -0.4 is 5.32 Å². The van der Waals surface area contributed by atoms with Crippen molar-refractivity contribution in [3.8, 4) is 0 Å². The third-order valence-electron chi connectivity index (χ3n) is 4.60. The van der Waals surface area contributed by atoms with E-state index in [2.05, 4.69) is 5.32 Å². The largest absolute Gasteiger partial charge is 0.388 e. The number of hydrogen-bond acceptors (Lipinski definition) is 3. The molecule has 2 unspecified atom stereocenters. The van der Waals surface area contributed by atoms with Gasteiger partial charge in [-0.2, -0.15) is 0 Å². The van der Waals surface area contributed by atoms with Gasteiger partial charge >= 0.3 is 6.03 Å². The third-order valence-corrected chi connectivity index (χ3v) is 4.60. The number of rotatable bonds is 6. The number of ether oxygens (including phenoxy) is 1. The van der Waals surface area contributed by atoms with Crippen LogP contribution in [0.2, 0.25) is 0 Å². The Labute approximate surface area is 138 Å². The van der Waals surface area contributed by atoms with Gasteiger partial charge in [-0.05, 0) is 30.7 Å². The third kappa shape index (κ3) is 4.94. The molecular formula is C18H28N2O3. The summed E-state index contributed by atoms with van der Waals surface area (Å²) in [5.74, 6) is 0.211. The Balaban J connectivity index is 1.82. The van der Waals surface area contributed by atoms with Crippen LogP contribution in [0.25, 0.3) is 0 Å². The van der Waals surface area contributed by atoms with Crippen molar-refractivity contribution < 1.29 is 14.6 Å². The van der Waals surface area contributed by atoms with Crippen LogP contribution in [-0.4, -0.2) is 48.9 Å². The van der Waals surface area contributed by atoms with E-state index < -0.39 is 6.10 Å². The van der Waals surface area contributed by atoms with Gasteiger partial charge in [0, 0.05) is 20.2 Å². The van der Waals surface area contributed by atoms with Crippen molar-refractivity contribution in [2.45, 2.75) is 38.3 Å². The molecule has 2 rings (SSSR count). The zero-order valence-corrected chi connectivity index (χ0v) is 14.1. The minimum Gasteiger partial charge on any atom is -0.388 e. The van der Waals surface area contributed by atoms with Gasteiger partial charge in [-0.25, -0.2) is 4.79 Å². The second-order valence-corrected chi connectivity index (χ2v) is 6.19. The maximum Gasteiger partial charge on any atom is 0.317 e. The summed E-state index contributed by atoms with van der Waals surface area (Å²) in [5.41, 5.74) is 0.960. The molecule has 0 bridgehead atoms. The molecule has 2 atom stereocenters. The first kappa shape index (κ1) is 17.8. The van der Waals surface area contributed by atoms with Crippen molar-refractivity contribution >= 4 is 6.03 Å². The van der Waals surface area contributed by atoms with Crippen molar-refractivity contribution in [2.75, 3.05) is 26.8 Å². The minimum atomic E-state index is -0.446. The fourth-order valence-corrected chi connectivity index (χ4v) is 3.07. The number of likely N-dealkylation sites (tertiary alicyclic amines) is 1. The summed E-state index contributed by atoms with van der Waals surface area (Å²) in [5, 5.41) is 13.5. The minimum absolute atomic E-state index is 0.0263. The molecule has 23 heavy (non-hydrogen) atoms. The molecule has 2 N–H and O–H groups in total. The number of nitrogens with one attached hydrogen (secondary N) is 1. The monoisotopic (exact) mass is 320 g/mol. The molecule has 2 amide bonds. The highest BCUT2D eigenvalue weighted by molar-refractivity contribution is 5.74. The predicted molar refractivity (Wildman–Crippen MR) is 90.2 cm³/mol. The fraction of sp³-hybridized carbons (Fsp3) is 0.611. The number of benzene rings is 1. The lowest BCUT2D eigenvalue weighted by Crippen LogP contribution is -2.49. The van der Waals surface area contributed by atoms with Crippen LogP contribution in [0.4, 0.5) is 4.79 Å². The number of aliphatic hydroxyl groups is 1.